The number of amides is 3. The molecule has 202 valence electrons. The number of nitrogens with one attached hydrogen (secondary N) is 2. The standard InChI is InChI=1S/C27H37N3O6S/c1-7-30(25(33)22(15-16-37-6)29-26(34)36-27(2,3)4)23(18-9-8-10-20(31)17-18)24(32)28-19-11-13-21(35-5)14-12-19/h8-14,17,22-23,31H,7,15-16H2,1-6H3,(H,28,32)(H,29,34). The molecule has 3 N–H and O–H groups in total. The van der Waals surface area contributed by atoms with Crippen LogP contribution in [0, 0.1) is 0 Å². The number of phenols is 1. The van der Waals surface area contributed by atoms with Crippen LogP contribution in [0.15, 0.2) is 48.5 Å². The summed E-state index contributed by atoms with van der Waals surface area (Å²) in [6, 6.07) is 11.1. The molecule has 0 saturated carbocycles. The Kier molecular flexibility index (Phi) is 11.1. The maximum atomic E-state index is 13.8. The van der Waals surface area contributed by atoms with Gasteiger partial charge in [-0.1, -0.05) is 12.1 Å². The normalized spacial score (nSPS) is 12.7. The van der Waals surface area contributed by atoms with E-state index in [4.69, 9.17) is 9.47 Å². The lowest BCUT2D eigenvalue weighted by atomic mass is 10.0. The van der Waals surface area contributed by atoms with Crippen molar-refractivity contribution in [3.05, 3.63) is 54.1 Å². The van der Waals surface area contributed by atoms with Crippen LogP contribution in [0.25, 0.3) is 0 Å². The third-order valence-corrected chi connectivity index (χ3v) is 5.97. The topological polar surface area (TPSA) is 117 Å². The molecule has 0 heterocycles. The van der Waals surface area contributed by atoms with Crippen molar-refractivity contribution in [1.29, 1.82) is 0 Å². The molecule has 37 heavy (non-hydrogen) atoms. The molecule has 0 spiro atoms. The fourth-order valence-corrected chi connectivity index (χ4v) is 4.13. The number of carbonyl (C=O) groups excluding carboxylic acids is 3. The van der Waals surface area contributed by atoms with Crippen molar-refractivity contribution in [2.75, 3.05) is 31.0 Å². The lowest BCUT2D eigenvalue weighted by Crippen LogP contribution is -2.52. The number of nitrogens with zero attached hydrogens (tertiary/aromatic N) is 1. The maximum absolute atomic E-state index is 13.8. The van der Waals surface area contributed by atoms with E-state index in [1.165, 1.54) is 28.8 Å². The summed E-state index contributed by atoms with van der Waals surface area (Å²) in [7, 11) is 1.55. The van der Waals surface area contributed by atoms with E-state index < -0.39 is 35.6 Å². The zero-order valence-electron chi connectivity index (χ0n) is 22.2. The molecule has 0 aliphatic rings. The van der Waals surface area contributed by atoms with E-state index in [0.29, 0.717) is 29.2 Å². The van der Waals surface area contributed by atoms with E-state index in [-0.39, 0.29) is 12.3 Å². The van der Waals surface area contributed by atoms with Gasteiger partial charge in [0.1, 0.15) is 29.2 Å². The summed E-state index contributed by atoms with van der Waals surface area (Å²) in [5.41, 5.74) is 0.219. The van der Waals surface area contributed by atoms with Gasteiger partial charge in [-0.05, 0) is 88.1 Å². The number of thioether (sulfide) groups is 1. The van der Waals surface area contributed by atoms with Crippen LogP contribution in [0.4, 0.5) is 10.5 Å². The number of ether oxygens (including phenoxy) is 2. The number of hydrogen-bond acceptors (Lipinski definition) is 7. The van der Waals surface area contributed by atoms with Crippen molar-refractivity contribution in [2.45, 2.75) is 51.8 Å². The van der Waals surface area contributed by atoms with Gasteiger partial charge in [-0.3, -0.25) is 9.59 Å². The fourth-order valence-electron chi connectivity index (χ4n) is 3.66. The van der Waals surface area contributed by atoms with Gasteiger partial charge in [-0.2, -0.15) is 11.8 Å². The quantitative estimate of drug-likeness (QED) is 0.389. The third-order valence-electron chi connectivity index (χ3n) is 5.33. The first-order valence-corrected chi connectivity index (χ1v) is 13.4. The average Bonchev–Trinajstić information content (AvgIpc) is 2.83. The number of phenolic OH excluding ortho intramolecular Hbond substituents is 1. The Morgan fingerprint density at radius 1 is 1.11 bits per heavy atom. The van der Waals surface area contributed by atoms with E-state index in [0.717, 1.165) is 0 Å². The Bertz CT molecular complexity index is 1050. The number of anilines is 1. The largest absolute Gasteiger partial charge is 0.508 e. The summed E-state index contributed by atoms with van der Waals surface area (Å²) in [5, 5.41) is 15.6. The van der Waals surface area contributed by atoms with Gasteiger partial charge in [0.05, 0.1) is 7.11 Å². The summed E-state index contributed by atoms with van der Waals surface area (Å²) >= 11 is 1.54. The predicted octanol–water partition coefficient (Wildman–Crippen LogP) is 4.58. The van der Waals surface area contributed by atoms with Crippen molar-refractivity contribution in [3.8, 4) is 11.5 Å². The Morgan fingerprint density at radius 2 is 1.78 bits per heavy atom. The molecule has 2 aromatic rings. The van der Waals surface area contributed by atoms with Gasteiger partial charge in [0, 0.05) is 12.2 Å². The molecule has 0 aliphatic heterocycles. The highest BCUT2D eigenvalue weighted by atomic mass is 32.2. The molecular formula is C27H37N3O6S. The maximum Gasteiger partial charge on any atom is 0.408 e. The van der Waals surface area contributed by atoms with E-state index in [2.05, 4.69) is 10.6 Å². The second-order valence-corrected chi connectivity index (χ2v) is 10.3. The van der Waals surface area contributed by atoms with Crippen LogP contribution < -0.4 is 15.4 Å². The summed E-state index contributed by atoms with van der Waals surface area (Å²) < 4.78 is 10.5. The Morgan fingerprint density at radius 3 is 2.32 bits per heavy atom. The van der Waals surface area contributed by atoms with Gasteiger partial charge in [0.25, 0.3) is 5.91 Å². The van der Waals surface area contributed by atoms with Crippen LogP contribution >= 0.6 is 11.8 Å². The molecule has 10 heteroatoms. The minimum absolute atomic E-state index is 0.0333. The fraction of sp³-hybridized carbons (Fsp3) is 0.444. The first kappa shape index (κ1) is 29.8. The lowest BCUT2D eigenvalue weighted by molar-refractivity contribution is -0.140. The van der Waals surface area contributed by atoms with Crippen LogP contribution in [0.3, 0.4) is 0 Å². The van der Waals surface area contributed by atoms with Crippen LogP contribution in [-0.4, -0.2) is 65.2 Å². The number of aromatic hydroxyl groups is 1. The van der Waals surface area contributed by atoms with E-state index in [9.17, 15) is 19.5 Å². The number of benzene rings is 2. The molecule has 2 aromatic carbocycles. The van der Waals surface area contributed by atoms with Crippen LogP contribution in [0.2, 0.25) is 0 Å². The van der Waals surface area contributed by atoms with Crippen molar-refractivity contribution < 1.29 is 29.0 Å². The number of carbonyl (C=O) groups is 3. The highest BCUT2D eigenvalue weighted by Crippen LogP contribution is 2.27. The SMILES string of the molecule is CCN(C(=O)C(CCSC)NC(=O)OC(C)(C)C)C(C(=O)Nc1ccc(OC)cc1)c1cccc(O)c1. The van der Waals surface area contributed by atoms with Gasteiger partial charge in [0.2, 0.25) is 5.91 Å². The first-order chi connectivity index (χ1) is 17.5. The molecule has 0 aromatic heterocycles. The minimum atomic E-state index is -1.07. The van der Waals surface area contributed by atoms with E-state index >= 15 is 0 Å². The highest BCUT2D eigenvalue weighted by Gasteiger charge is 2.35. The number of rotatable bonds is 11. The predicted molar refractivity (Wildman–Crippen MR) is 146 cm³/mol. The Hall–Kier alpha value is -3.40. The number of likely N-dealkylation sites (N-methyl/N-ethyl adjacent to an activating group) is 1. The van der Waals surface area contributed by atoms with E-state index in [1.54, 1.807) is 71.2 Å². The average molecular weight is 532 g/mol. The van der Waals surface area contributed by atoms with Crippen LogP contribution in [0.1, 0.15) is 45.7 Å². The van der Waals surface area contributed by atoms with Crippen LogP contribution in [-0.2, 0) is 14.3 Å². The molecule has 9 nitrogen and oxygen atoms in total. The molecule has 0 radical (unpaired) electrons. The van der Waals surface area contributed by atoms with E-state index in [1.807, 2.05) is 6.26 Å². The van der Waals surface area contributed by atoms with Crippen molar-refractivity contribution in [1.82, 2.24) is 10.2 Å². The number of alkyl carbamates (subject to hydrolysis) is 1. The second-order valence-electron chi connectivity index (χ2n) is 9.32. The zero-order valence-corrected chi connectivity index (χ0v) is 23.1. The first-order valence-electron chi connectivity index (χ1n) is 12.0. The molecular weight excluding hydrogens is 494 g/mol. The van der Waals surface area contributed by atoms with Crippen molar-refractivity contribution >= 4 is 35.4 Å². The Balaban J connectivity index is 2.41. The summed E-state index contributed by atoms with van der Waals surface area (Å²) in [5.74, 6) is 0.317. The number of hydrogen-bond donors (Lipinski definition) is 3. The second kappa shape index (κ2) is 13.8. The third kappa shape index (κ3) is 9.20. The monoisotopic (exact) mass is 531 g/mol. The molecule has 2 unspecified atom stereocenters. The molecule has 0 saturated heterocycles. The van der Waals surface area contributed by atoms with Gasteiger partial charge < -0.3 is 30.1 Å². The van der Waals surface area contributed by atoms with Gasteiger partial charge in [-0.25, -0.2) is 4.79 Å². The molecule has 0 bridgehead atoms. The summed E-state index contributed by atoms with van der Waals surface area (Å²) in [6.07, 6.45) is 1.55. The molecule has 3 amide bonds. The lowest BCUT2D eigenvalue weighted by Gasteiger charge is -2.33. The van der Waals surface area contributed by atoms with Crippen LogP contribution in [0.5, 0.6) is 11.5 Å². The summed E-state index contributed by atoms with van der Waals surface area (Å²) in [4.78, 5) is 41.3. The molecule has 2 rings (SSSR count). The van der Waals surface area contributed by atoms with Gasteiger partial charge in [0.15, 0.2) is 0 Å². The molecule has 0 fully saturated rings. The summed E-state index contributed by atoms with van der Waals surface area (Å²) in [6.45, 7) is 7.16. The molecule has 2 atom stereocenters. The Labute approximate surface area is 222 Å². The van der Waals surface area contributed by atoms with Crippen molar-refractivity contribution in [3.63, 3.8) is 0 Å². The number of methoxy groups -OCH3 is 1. The van der Waals surface area contributed by atoms with Gasteiger partial charge >= 0.3 is 6.09 Å². The molecule has 0 aliphatic carbocycles. The van der Waals surface area contributed by atoms with Gasteiger partial charge in [-0.15, -0.1) is 0 Å². The minimum Gasteiger partial charge on any atom is -0.508 e. The zero-order chi connectivity index (χ0) is 27.6. The smallest absolute Gasteiger partial charge is 0.408 e. The van der Waals surface area contributed by atoms with Crippen molar-refractivity contribution in [2.24, 2.45) is 0 Å². The highest BCUT2D eigenvalue weighted by molar-refractivity contribution is 7.98.